The van der Waals surface area contributed by atoms with Gasteiger partial charge in [-0.2, -0.15) is 5.06 Å². The van der Waals surface area contributed by atoms with Crippen LogP contribution in [0.1, 0.15) is 171 Å². The number of aliphatic hydroxyl groups is 1. The zero-order valence-electron chi connectivity index (χ0n) is 30.2. The Morgan fingerprint density at radius 1 is 0.979 bits per heavy atom. The summed E-state index contributed by atoms with van der Waals surface area (Å²) in [5, 5.41) is 24.2. The van der Waals surface area contributed by atoms with Crippen LogP contribution in [0.15, 0.2) is 18.2 Å². The second kappa shape index (κ2) is 17.6. The molecule has 1 amide bonds. The Morgan fingerprint density at radius 3 is 2.31 bits per heavy atom. The van der Waals surface area contributed by atoms with Crippen LogP contribution in [0.4, 0.5) is 0 Å². The third-order valence-electron chi connectivity index (χ3n) is 12.6. The first kappa shape index (κ1) is 36.2. The molecule has 1 aromatic rings. The van der Waals surface area contributed by atoms with Gasteiger partial charge < -0.3 is 20.5 Å². The molecule has 4 N–H and O–H groups in total. The van der Waals surface area contributed by atoms with E-state index in [9.17, 15) is 9.90 Å². The summed E-state index contributed by atoms with van der Waals surface area (Å²) < 4.78 is 5.62. The number of nitrogens with one attached hydrogen (secondary N) is 3. The van der Waals surface area contributed by atoms with Gasteiger partial charge in [-0.05, 0) is 80.4 Å². The Kier molecular flexibility index (Phi) is 13.3. The van der Waals surface area contributed by atoms with Crippen molar-refractivity contribution in [2.24, 2.45) is 11.3 Å². The van der Waals surface area contributed by atoms with Gasteiger partial charge in [-0.1, -0.05) is 109 Å². The lowest BCUT2D eigenvalue weighted by Gasteiger charge is -2.48. The van der Waals surface area contributed by atoms with Crippen molar-refractivity contribution < 1.29 is 19.5 Å². The number of aliphatic hydroxyl groups excluding tert-OH is 1. The average molecular weight is 667 g/mol. The standard InChI is InChI=1S/C40H66N4O4/c1-3-36-43-37(44(48-36)31-18-14-10-6-7-11-15-19-31)30-20-22-32-29(26-30)21-23-34(32)42-38(45)33-27-35(39(46)47-4-2)41-28-40(33)24-16-12-8-5-9-13-17-25-40/h20,22,26,31,33-37,39,41,43,46H,3-19,21,23-25,27-28H2,1-2H3,(H,42,45)/t33?,34-,35?,36?,37?,39?/m1/s1. The highest BCUT2D eigenvalue weighted by Crippen LogP contribution is 2.46. The number of hydrogen-bond acceptors (Lipinski definition) is 7. The maximum Gasteiger partial charge on any atom is 0.224 e. The lowest BCUT2D eigenvalue weighted by Crippen LogP contribution is -2.59. The molecule has 48 heavy (non-hydrogen) atoms. The van der Waals surface area contributed by atoms with Gasteiger partial charge in [0.05, 0.1) is 12.1 Å². The molecule has 1 spiro atoms. The molecule has 0 radical (unpaired) electrons. The zero-order chi connectivity index (χ0) is 33.3. The molecule has 8 nitrogen and oxygen atoms in total. The predicted octanol–water partition coefficient (Wildman–Crippen LogP) is 7.71. The van der Waals surface area contributed by atoms with E-state index in [4.69, 9.17) is 9.57 Å². The minimum absolute atomic E-state index is 0.0323. The summed E-state index contributed by atoms with van der Waals surface area (Å²) in [5.41, 5.74) is 3.84. The first-order chi connectivity index (χ1) is 23.5. The highest BCUT2D eigenvalue weighted by Gasteiger charge is 2.48. The molecule has 270 valence electrons. The van der Waals surface area contributed by atoms with E-state index in [0.717, 1.165) is 38.6 Å². The fraction of sp³-hybridized carbons (Fsp3) is 0.825. The Morgan fingerprint density at radius 2 is 1.65 bits per heavy atom. The van der Waals surface area contributed by atoms with Crippen molar-refractivity contribution in [1.29, 1.82) is 0 Å². The number of amides is 1. The maximum atomic E-state index is 14.5. The number of rotatable bonds is 8. The molecule has 4 fully saturated rings. The molecule has 0 aromatic heterocycles. The Balaban J connectivity index is 1.18. The Hall–Kier alpha value is -1.55. The molecule has 2 saturated heterocycles. The summed E-state index contributed by atoms with van der Waals surface area (Å²) in [6.45, 7) is 5.35. The molecule has 2 aliphatic heterocycles. The van der Waals surface area contributed by atoms with Crippen molar-refractivity contribution in [3.8, 4) is 0 Å². The smallest absolute Gasteiger partial charge is 0.224 e. The minimum atomic E-state index is -0.889. The summed E-state index contributed by atoms with van der Waals surface area (Å²) in [7, 11) is 0. The quantitative estimate of drug-likeness (QED) is 0.211. The molecule has 3 aliphatic carbocycles. The molecule has 6 atom stereocenters. The van der Waals surface area contributed by atoms with Crippen molar-refractivity contribution in [3.63, 3.8) is 0 Å². The van der Waals surface area contributed by atoms with Crippen molar-refractivity contribution in [2.45, 2.75) is 185 Å². The summed E-state index contributed by atoms with van der Waals surface area (Å²) in [5.74, 6) is 0.0427. The minimum Gasteiger partial charge on any atom is -0.367 e. The largest absolute Gasteiger partial charge is 0.367 e. The van der Waals surface area contributed by atoms with Crippen LogP contribution in [0.2, 0.25) is 0 Å². The number of nitrogens with zero attached hydrogens (tertiary/aromatic N) is 1. The van der Waals surface area contributed by atoms with E-state index < -0.39 is 6.29 Å². The van der Waals surface area contributed by atoms with E-state index in [1.54, 1.807) is 0 Å². The molecule has 0 bridgehead atoms. The third-order valence-corrected chi connectivity index (χ3v) is 12.6. The van der Waals surface area contributed by atoms with E-state index in [2.05, 4.69) is 46.1 Å². The van der Waals surface area contributed by atoms with E-state index >= 15 is 0 Å². The fourth-order valence-electron chi connectivity index (χ4n) is 9.74. The lowest BCUT2D eigenvalue weighted by atomic mass is 9.63. The number of aryl methyl sites for hydroxylation is 1. The van der Waals surface area contributed by atoms with Gasteiger partial charge >= 0.3 is 0 Å². The summed E-state index contributed by atoms with van der Waals surface area (Å²) in [6.07, 6.45) is 24.0. The SMILES string of the molecule is CCOC(O)C1CC(C(=O)N[C@@H]2CCc3cc(C4NC(CC)ON4C4CCCCCCCC4)ccc32)C2(CCCCCCCCC2)CN1. The topological polar surface area (TPSA) is 95.1 Å². The highest BCUT2D eigenvalue weighted by molar-refractivity contribution is 5.80. The van der Waals surface area contributed by atoms with E-state index in [1.807, 2.05) is 6.92 Å². The molecule has 2 heterocycles. The van der Waals surface area contributed by atoms with Gasteiger partial charge in [-0.15, -0.1) is 0 Å². The van der Waals surface area contributed by atoms with Gasteiger partial charge in [0.15, 0.2) is 6.29 Å². The lowest BCUT2D eigenvalue weighted by molar-refractivity contribution is -0.194. The molecular formula is C40H66N4O4. The highest BCUT2D eigenvalue weighted by atomic mass is 16.7. The Bertz CT molecular complexity index is 1140. The van der Waals surface area contributed by atoms with Crippen LogP contribution >= 0.6 is 0 Å². The number of carbonyl (C=O) groups is 1. The number of hydrogen-bond donors (Lipinski definition) is 4. The number of benzene rings is 1. The van der Waals surface area contributed by atoms with E-state index in [0.29, 0.717) is 19.1 Å². The molecule has 5 unspecified atom stereocenters. The van der Waals surface area contributed by atoms with Gasteiger partial charge in [0.1, 0.15) is 12.4 Å². The maximum absolute atomic E-state index is 14.5. The number of hydroxylamine groups is 2. The summed E-state index contributed by atoms with van der Waals surface area (Å²) in [6, 6.07) is 7.22. The van der Waals surface area contributed by atoms with Gasteiger partial charge in [0.25, 0.3) is 0 Å². The van der Waals surface area contributed by atoms with E-state index in [-0.39, 0.29) is 41.7 Å². The second-order valence-corrected chi connectivity index (χ2v) is 15.8. The van der Waals surface area contributed by atoms with Crippen LogP contribution < -0.4 is 16.0 Å². The normalized spacial score (nSPS) is 31.8. The van der Waals surface area contributed by atoms with Gasteiger partial charge in [0, 0.05) is 25.1 Å². The molecule has 1 aromatic carbocycles. The van der Waals surface area contributed by atoms with Crippen molar-refractivity contribution in [1.82, 2.24) is 21.0 Å². The first-order valence-corrected chi connectivity index (χ1v) is 20.2. The van der Waals surface area contributed by atoms with Crippen LogP contribution in [0.5, 0.6) is 0 Å². The van der Waals surface area contributed by atoms with Gasteiger partial charge in [-0.3, -0.25) is 14.9 Å². The zero-order valence-corrected chi connectivity index (χ0v) is 30.2. The van der Waals surface area contributed by atoms with Crippen LogP contribution in [-0.2, 0) is 20.8 Å². The van der Waals surface area contributed by atoms with Crippen molar-refractivity contribution >= 4 is 5.91 Å². The summed E-state index contributed by atoms with van der Waals surface area (Å²) >= 11 is 0. The number of fused-ring (bicyclic) bond motifs is 1. The van der Waals surface area contributed by atoms with Crippen LogP contribution in [0.25, 0.3) is 0 Å². The molecular weight excluding hydrogens is 600 g/mol. The number of carbonyl (C=O) groups excluding carboxylic acids is 1. The van der Waals surface area contributed by atoms with Gasteiger partial charge in [-0.25, -0.2) is 0 Å². The van der Waals surface area contributed by atoms with Crippen LogP contribution in [0.3, 0.4) is 0 Å². The summed E-state index contributed by atoms with van der Waals surface area (Å²) in [4.78, 5) is 21.0. The molecule has 2 saturated carbocycles. The molecule has 5 aliphatic rings. The number of ether oxygens (including phenoxy) is 1. The van der Waals surface area contributed by atoms with E-state index in [1.165, 1.54) is 113 Å². The fourth-order valence-corrected chi connectivity index (χ4v) is 9.74. The number of piperidine rings is 1. The van der Waals surface area contributed by atoms with Crippen LogP contribution in [0, 0.1) is 11.3 Å². The second-order valence-electron chi connectivity index (χ2n) is 15.8. The molecule has 8 heteroatoms. The molecule has 6 rings (SSSR count). The van der Waals surface area contributed by atoms with Crippen molar-refractivity contribution in [2.75, 3.05) is 13.2 Å². The average Bonchev–Trinajstić information content (AvgIpc) is 3.74. The predicted molar refractivity (Wildman–Crippen MR) is 191 cm³/mol. The third kappa shape index (κ3) is 8.66. The first-order valence-electron chi connectivity index (χ1n) is 20.2. The Labute approximate surface area is 290 Å². The van der Waals surface area contributed by atoms with Gasteiger partial charge in [0.2, 0.25) is 5.91 Å². The van der Waals surface area contributed by atoms with Crippen LogP contribution in [-0.4, -0.2) is 53.8 Å². The van der Waals surface area contributed by atoms with Crippen molar-refractivity contribution in [3.05, 3.63) is 34.9 Å². The monoisotopic (exact) mass is 667 g/mol.